The molecule has 6 rings (SSSR count). The molecule has 204 valence electrons. The summed E-state index contributed by atoms with van der Waals surface area (Å²) in [5.74, 6) is 0.394. The van der Waals surface area contributed by atoms with Gasteiger partial charge < -0.3 is 20.2 Å². The average molecular weight is 533 g/mol. The number of rotatable bonds is 5. The zero-order valence-corrected chi connectivity index (χ0v) is 21.3. The number of amides is 2. The average Bonchev–Trinajstić information content (AvgIpc) is 3.25. The first-order chi connectivity index (χ1) is 17.9. The van der Waals surface area contributed by atoms with Gasteiger partial charge in [-0.05, 0) is 52.0 Å². The lowest BCUT2D eigenvalue weighted by atomic mass is 9.84. The summed E-state index contributed by atoms with van der Waals surface area (Å²) in [5, 5.41) is 24.9. The number of piperidine rings is 1. The summed E-state index contributed by atoms with van der Waals surface area (Å²) in [5.41, 5.74) is 0.522. The zero-order chi connectivity index (χ0) is 26.9. The summed E-state index contributed by atoms with van der Waals surface area (Å²) in [6.07, 6.45) is 3.64. The van der Waals surface area contributed by atoms with Gasteiger partial charge in [0, 0.05) is 37.3 Å². The molecule has 0 radical (unpaired) electrons. The van der Waals surface area contributed by atoms with E-state index in [1.165, 1.54) is 18.5 Å². The smallest absolute Gasteiger partial charge is 0.390 e. The van der Waals surface area contributed by atoms with Gasteiger partial charge >= 0.3 is 12.2 Å². The van der Waals surface area contributed by atoms with Gasteiger partial charge in [0.1, 0.15) is 12.2 Å². The molecular weight excluding hydrogens is 501 g/mol. The van der Waals surface area contributed by atoms with Crippen LogP contribution in [0.25, 0.3) is 22.3 Å². The van der Waals surface area contributed by atoms with Crippen LogP contribution in [0, 0.1) is 5.92 Å². The molecule has 0 aromatic carbocycles. The van der Waals surface area contributed by atoms with Crippen molar-refractivity contribution in [2.75, 3.05) is 29.9 Å². The first kappa shape index (κ1) is 25.0. The van der Waals surface area contributed by atoms with E-state index in [9.17, 15) is 23.1 Å². The molecule has 10 nitrogen and oxygen atoms in total. The predicted molar refractivity (Wildman–Crippen MR) is 135 cm³/mol. The number of carbonyl (C=O) groups excluding carboxylic acids is 1. The Morgan fingerprint density at radius 1 is 1.21 bits per heavy atom. The predicted octanol–water partition coefficient (Wildman–Crippen LogP) is 4.14. The Hall–Kier alpha value is -3.35. The standard InChI is InChI=1S/C25H31F3N8O2/c1-23(2,38)15-12-34(13-15)21-16-10-29-17(9-19(16)36(33-21)14-25(26,27)28)20-18(11-30-32-20)31-22(37)35-8-4-3-5-24(35)6-7-24/h9-11,15,38H,3-8,12-14H2,1-2H3,(H,30,32)(H,31,37). The quantitative estimate of drug-likeness (QED) is 0.455. The van der Waals surface area contributed by atoms with E-state index in [1.54, 1.807) is 13.8 Å². The highest BCUT2D eigenvalue weighted by molar-refractivity contribution is 5.96. The Morgan fingerprint density at radius 3 is 2.66 bits per heavy atom. The van der Waals surface area contributed by atoms with Crippen LogP contribution in [0.3, 0.4) is 0 Å². The van der Waals surface area contributed by atoms with Crippen molar-refractivity contribution in [3.8, 4) is 11.4 Å². The Morgan fingerprint density at radius 2 is 1.97 bits per heavy atom. The van der Waals surface area contributed by atoms with Crippen LogP contribution < -0.4 is 10.2 Å². The van der Waals surface area contributed by atoms with E-state index in [1.807, 2.05) is 9.80 Å². The molecule has 0 bridgehead atoms. The number of fused-ring (bicyclic) bond motifs is 1. The minimum absolute atomic E-state index is 0.0107. The second-order valence-corrected chi connectivity index (χ2v) is 11.4. The number of nitrogens with zero attached hydrogens (tertiary/aromatic N) is 6. The molecule has 2 amide bonds. The fourth-order valence-corrected chi connectivity index (χ4v) is 5.65. The van der Waals surface area contributed by atoms with E-state index >= 15 is 0 Å². The lowest BCUT2D eigenvalue weighted by Gasteiger charge is -2.45. The second kappa shape index (κ2) is 8.58. The van der Waals surface area contributed by atoms with E-state index < -0.39 is 18.3 Å². The van der Waals surface area contributed by atoms with Crippen LogP contribution in [-0.2, 0) is 6.54 Å². The lowest BCUT2D eigenvalue weighted by molar-refractivity contribution is -0.141. The molecule has 5 heterocycles. The second-order valence-electron chi connectivity index (χ2n) is 11.4. The molecule has 2 saturated heterocycles. The number of alkyl halides is 3. The van der Waals surface area contributed by atoms with Crippen LogP contribution in [0.2, 0.25) is 0 Å². The number of anilines is 2. The van der Waals surface area contributed by atoms with Gasteiger partial charge in [0.15, 0.2) is 5.82 Å². The van der Waals surface area contributed by atoms with Crippen LogP contribution in [0.15, 0.2) is 18.5 Å². The van der Waals surface area contributed by atoms with Crippen LogP contribution >= 0.6 is 0 Å². The summed E-state index contributed by atoms with van der Waals surface area (Å²) >= 11 is 0. The number of halogens is 3. The number of nitrogens with one attached hydrogen (secondary N) is 2. The molecule has 0 unspecified atom stereocenters. The maximum atomic E-state index is 13.4. The molecule has 13 heteroatoms. The van der Waals surface area contributed by atoms with Crippen molar-refractivity contribution in [3.63, 3.8) is 0 Å². The SMILES string of the molecule is CC(C)(O)C1CN(c2nn(CC(F)(F)F)c3cc(-c4[nH]ncc4NC(=O)N4CCCCC45CC5)ncc23)C1. The third-order valence-electron chi connectivity index (χ3n) is 8.18. The Kier molecular flexibility index (Phi) is 5.64. The van der Waals surface area contributed by atoms with Crippen molar-refractivity contribution in [3.05, 3.63) is 18.5 Å². The summed E-state index contributed by atoms with van der Waals surface area (Å²) in [7, 11) is 0. The number of aromatic nitrogens is 5. The monoisotopic (exact) mass is 532 g/mol. The van der Waals surface area contributed by atoms with E-state index in [-0.39, 0.29) is 23.0 Å². The van der Waals surface area contributed by atoms with Crippen LogP contribution in [0.5, 0.6) is 0 Å². The van der Waals surface area contributed by atoms with Crippen LogP contribution in [0.1, 0.15) is 46.0 Å². The summed E-state index contributed by atoms with van der Waals surface area (Å²) in [4.78, 5) is 21.4. The van der Waals surface area contributed by atoms with Gasteiger partial charge in [-0.1, -0.05) is 0 Å². The molecule has 1 spiro atoms. The maximum absolute atomic E-state index is 13.4. The van der Waals surface area contributed by atoms with Crippen LogP contribution in [0.4, 0.5) is 29.5 Å². The number of pyridine rings is 1. The fraction of sp³-hybridized carbons (Fsp3) is 0.600. The van der Waals surface area contributed by atoms with E-state index in [0.29, 0.717) is 47.9 Å². The van der Waals surface area contributed by atoms with Crippen molar-refractivity contribution in [1.29, 1.82) is 0 Å². The summed E-state index contributed by atoms with van der Waals surface area (Å²) in [6.45, 7) is 3.86. The van der Waals surface area contributed by atoms with Crippen molar-refractivity contribution in [2.45, 2.75) is 69.8 Å². The highest BCUT2D eigenvalue weighted by atomic mass is 19.4. The van der Waals surface area contributed by atoms with E-state index in [2.05, 4.69) is 25.6 Å². The van der Waals surface area contributed by atoms with Gasteiger partial charge in [-0.2, -0.15) is 23.4 Å². The van der Waals surface area contributed by atoms with Gasteiger partial charge in [0.2, 0.25) is 0 Å². The molecule has 2 aliphatic heterocycles. The van der Waals surface area contributed by atoms with Gasteiger partial charge in [-0.3, -0.25) is 14.8 Å². The molecule has 3 N–H and O–H groups in total. The summed E-state index contributed by atoms with van der Waals surface area (Å²) < 4.78 is 41.2. The van der Waals surface area contributed by atoms with Gasteiger partial charge in [-0.25, -0.2) is 4.79 Å². The van der Waals surface area contributed by atoms with Crippen LogP contribution in [-0.4, -0.2) is 77.9 Å². The first-order valence-electron chi connectivity index (χ1n) is 13.0. The largest absolute Gasteiger partial charge is 0.408 e. The topological polar surface area (TPSA) is 115 Å². The molecule has 1 saturated carbocycles. The number of hydrogen-bond donors (Lipinski definition) is 3. The van der Waals surface area contributed by atoms with Gasteiger partial charge in [-0.15, -0.1) is 0 Å². The third kappa shape index (κ3) is 4.46. The van der Waals surface area contributed by atoms with Gasteiger partial charge in [0.25, 0.3) is 0 Å². The molecular formula is C25H31F3N8O2. The van der Waals surface area contributed by atoms with Gasteiger partial charge in [0.05, 0.1) is 34.1 Å². The Balaban J connectivity index is 1.30. The fourth-order valence-electron chi connectivity index (χ4n) is 5.65. The Bertz CT molecular complexity index is 1370. The number of H-pyrrole nitrogens is 1. The number of hydrogen-bond acceptors (Lipinski definition) is 6. The number of likely N-dealkylation sites (tertiary alicyclic amines) is 1. The lowest BCUT2D eigenvalue weighted by Crippen LogP contribution is -2.56. The molecule has 3 fully saturated rings. The number of carbonyl (C=O) groups is 1. The first-order valence-corrected chi connectivity index (χ1v) is 13.0. The number of aliphatic hydroxyl groups is 1. The molecule has 3 aromatic heterocycles. The van der Waals surface area contributed by atoms with E-state index in [4.69, 9.17) is 0 Å². The minimum Gasteiger partial charge on any atom is -0.390 e. The van der Waals surface area contributed by atoms with Crippen molar-refractivity contribution in [1.82, 2.24) is 29.9 Å². The zero-order valence-electron chi connectivity index (χ0n) is 21.3. The van der Waals surface area contributed by atoms with Crippen molar-refractivity contribution < 1.29 is 23.1 Å². The Labute approximate surface area is 217 Å². The molecule has 3 aromatic rings. The molecule has 3 aliphatic rings. The number of aromatic amines is 1. The summed E-state index contributed by atoms with van der Waals surface area (Å²) in [6, 6.07) is 1.34. The maximum Gasteiger partial charge on any atom is 0.408 e. The number of urea groups is 1. The van der Waals surface area contributed by atoms with E-state index in [0.717, 1.165) is 36.8 Å². The van der Waals surface area contributed by atoms with Crippen molar-refractivity contribution in [2.24, 2.45) is 5.92 Å². The third-order valence-corrected chi connectivity index (χ3v) is 8.18. The minimum atomic E-state index is -4.47. The molecule has 1 aliphatic carbocycles. The highest BCUT2D eigenvalue weighted by Crippen LogP contribution is 2.48. The molecule has 0 atom stereocenters. The highest BCUT2D eigenvalue weighted by Gasteiger charge is 2.51. The molecule has 38 heavy (non-hydrogen) atoms. The van der Waals surface area contributed by atoms with Crippen molar-refractivity contribution >= 4 is 28.4 Å². The normalized spacial score (nSPS) is 19.7.